The predicted molar refractivity (Wildman–Crippen MR) is 84.3 cm³/mol. The van der Waals surface area contributed by atoms with Gasteiger partial charge in [-0.1, -0.05) is 0 Å². The number of rotatable bonds is 6. The summed E-state index contributed by atoms with van der Waals surface area (Å²) < 4.78 is 0. The molecule has 1 saturated heterocycles. The summed E-state index contributed by atoms with van der Waals surface area (Å²) in [5.74, 6) is 0.151. The number of anilines is 2. The molecule has 4 heteroatoms. The van der Waals surface area contributed by atoms with E-state index in [1.165, 1.54) is 18.5 Å². The molecular formula is C16H25N3O. The molecule has 0 atom stereocenters. The first-order chi connectivity index (χ1) is 9.74. The van der Waals surface area contributed by atoms with Crippen LogP contribution in [0.5, 0.6) is 0 Å². The second-order valence-electron chi connectivity index (χ2n) is 5.16. The van der Waals surface area contributed by atoms with Gasteiger partial charge in [0.05, 0.1) is 6.54 Å². The van der Waals surface area contributed by atoms with Crippen molar-refractivity contribution >= 4 is 17.3 Å². The summed E-state index contributed by atoms with van der Waals surface area (Å²) in [6, 6.07) is 8.39. The third kappa shape index (κ3) is 3.65. The van der Waals surface area contributed by atoms with Crippen LogP contribution in [-0.2, 0) is 4.79 Å². The lowest BCUT2D eigenvalue weighted by Gasteiger charge is -2.20. The highest BCUT2D eigenvalue weighted by Crippen LogP contribution is 2.21. The van der Waals surface area contributed by atoms with Crippen LogP contribution < -0.4 is 10.2 Å². The van der Waals surface area contributed by atoms with Crippen LogP contribution in [0, 0.1) is 0 Å². The van der Waals surface area contributed by atoms with Crippen molar-refractivity contribution in [1.29, 1.82) is 0 Å². The van der Waals surface area contributed by atoms with E-state index in [0.717, 1.165) is 31.9 Å². The third-order valence-corrected chi connectivity index (χ3v) is 3.90. The van der Waals surface area contributed by atoms with Gasteiger partial charge in [0.15, 0.2) is 0 Å². The SMILES string of the molecule is CCN(CC)C(=O)CNc1ccc(N2CCCC2)cc1. The fraction of sp³-hybridized carbons (Fsp3) is 0.562. The Kier molecular flexibility index (Phi) is 5.27. The number of carbonyl (C=O) groups is 1. The first-order valence-electron chi connectivity index (χ1n) is 7.61. The highest BCUT2D eigenvalue weighted by molar-refractivity contribution is 5.80. The van der Waals surface area contributed by atoms with Gasteiger partial charge in [0.25, 0.3) is 0 Å². The van der Waals surface area contributed by atoms with E-state index in [2.05, 4.69) is 34.5 Å². The first-order valence-corrected chi connectivity index (χ1v) is 7.61. The molecule has 1 heterocycles. The van der Waals surface area contributed by atoms with Crippen molar-refractivity contribution in [1.82, 2.24) is 4.90 Å². The van der Waals surface area contributed by atoms with E-state index in [4.69, 9.17) is 0 Å². The third-order valence-electron chi connectivity index (χ3n) is 3.90. The molecule has 1 aliphatic heterocycles. The summed E-state index contributed by atoms with van der Waals surface area (Å²) in [7, 11) is 0. The number of likely N-dealkylation sites (N-methyl/N-ethyl adjacent to an activating group) is 1. The van der Waals surface area contributed by atoms with Crippen molar-refractivity contribution in [3.05, 3.63) is 24.3 Å². The van der Waals surface area contributed by atoms with Crippen molar-refractivity contribution in [3.8, 4) is 0 Å². The zero-order valence-electron chi connectivity index (χ0n) is 12.6. The smallest absolute Gasteiger partial charge is 0.241 e. The maximum Gasteiger partial charge on any atom is 0.241 e. The Hall–Kier alpha value is -1.71. The van der Waals surface area contributed by atoms with Gasteiger partial charge in [-0.05, 0) is 51.0 Å². The van der Waals surface area contributed by atoms with Crippen molar-refractivity contribution in [3.63, 3.8) is 0 Å². The zero-order valence-corrected chi connectivity index (χ0v) is 12.6. The molecule has 20 heavy (non-hydrogen) atoms. The summed E-state index contributed by atoms with van der Waals surface area (Å²) in [4.78, 5) is 16.2. The topological polar surface area (TPSA) is 35.6 Å². The molecule has 1 N–H and O–H groups in total. The van der Waals surface area contributed by atoms with Crippen LogP contribution in [0.2, 0.25) is 0 Å². The molecule has 1 amide bonds. The molecule has 0 unspecified atom stereocenters. The number of hydrogen-bond acceptors (Lipinski definition) is 3. The molecule has 1 aromatic rings. The van der Waals surface area contributed by atoms with Crippen molar-refractivity contribution in [2.24, 2.45) is 0 Å². The maximum atomic E-state index is 11.9. The molecule has 110 valence electrons. The first kappa shape index (κ1) is 14.7. The Labute approximate surface area is 121 Å². The number of hydrogen-bond donors (Lipinski definition) is 1. The largest absolute Gasteiger partial charge is 0.376 e. The minimum absolute atomic E-state index is 0.151. The fourth-order valence-electron chi connectivity index (χ4n) is 2.63. The molecule has 1 aromatic carbocycles. The summed E-state index contributed by atoms with van der Waals surface area (Å²) >= 11 is 0. The lowest BCUT2D eigenvalue weighted by atomic mass is 10.2. The van der Waals surface area contributed by atoms with E-state index in [9.17, 15) is 4.79 Å². The van der Waals surface area contributed by atoms with Gasteiger partial charge >= 0.3 is 0 Å². The minimum Gasteiger partial charge on any atom is -0.376 e. The Morgan fingerprint density at radius 3 is 2.30 bits per heavy atom. The quantitative estimate of drug-likeness (QED) is 0.866. The Bertz CT molecular complexity index is 420. The highest BCUT2D eigenvalue weighted by Gasteiger charge is 2.12. The van der Waals surface area contributed by atoms with Crippen molar-refractivity contribution in [2.75, 3.05) is 42.9 Å². The van der Waals surface area contributed by atoms with Crippen LogP contribution >= 0.6 is 0 Å². The van der Waals surface area contributed by atoms with E-state index in [0.29, 0.717) is 6.54 Å². The number of nitrogens with one attached hydrogen (secondary N) is 1. The molecular weight excluding hydrogens is 250 g/mol. The predicted octanol–water partition coefficient (Wildman–Crippen LogP) is 2.57. The van der Waals surface area contributed by atoms with E-state index < -0.39 is 0 Å². The Morgan fingerprint density at radius 1 is 1.15 bits per heavy atom. The Morgan fingerprint density at radius 2 is 1.75 bits per heavy atom. The summed E-state index contributed by atoms with van der Waals surface area (Å²) in [6.07, 6.45) is 2.58. The van der Waals surface area contributed by atoms with Crippen LogP contribution in [-0.4, -0.2) is 43.5 Å². The fourth-order valence-corrected chi connectivity index (χ4v) is 2.63. The van der Waals surface area contributed by atoms with Gasteiger partial charge in [-0.2, -0.15) is 0 Å². The summed E-state index contributed by atoms with van der Waals surface area (Å²) in [5.41, 5.74) is 2.29. The molecule has 0 radical (unpaired) electrons. The van der Waals surface area contributed by atoms with Crippen molar-refractivity contribution in [2.45, 2.75) is 26.7 Å². The lowest BCUT2D eigenvalue weighted by Crippen LogP contribution is -2.35. The van der Waals surface area contributed by atoms with Crippen molar-refractivity contribution < 1.29 is 4.79 Å². The molecule has 1 aliphatic rings. The summed E-state index contributed by atoms with van der Waals surface area (Å²) in [5, 5.41) is 3.20. The zero-order chi connectivity index (χ0) is 14.4. The van der Waals surface area contributed by atoms with Crippen LogP contribution in [0.25, 0.3) is 0 Å². The molecule has 1 fully saturated rings. The van der Waals surface area contributed by atoms with Gasteiger partial charge in [0.1, 0.15) is 0 Å². The second-order valence-corrected chi connectivity index (χ2v) is 5.16. The molecule has 0 saturated carbocycles. The normalized spacial score (nSPS) is 14.4. The molecule has 0 aromatic heterocycles. The van der Waals surface area contributed by atoms with Crippen LogP contribution in [0.3, 0.4) is 0 Å². The monoisotopic (exact) mass is 275 g/mol. The molecule has 2 rings (SSSR count). The summed E-state index contributed by atoms with van der Waals surface area (Å²) in [6.45, 7) is 8.24. The van der Waals surface area contributed by atoms with Crippen LogP contribution in [0.15, 0.2) is 24.3 Å². The highest BCUT2D eigenvalue weighted by atomic mass is 16.2. The van der Waals surface area contributed by atoms with Gasteiger partial charge in [-0.3, -0.25) is 4.79 Å². The maximum absolute atomic E-state index is 11.9. The molecule has 0 bridgehead atoms. The van der Waals surface area contributed by atoms with Gasteiger partial charge in [-0.25, -0.2) is 0 Å². The van der Waals surface area contributed by atoms with Gasteiger partial charge in [0.2, 0.25) is 5.91 Å². The van der Waals surface area contributed by atoms with E-state index in [-0.39, 0.29) is 5.91 Å². The number of nitrogens with zero attached hydrogens (tertiary/aromatic N) is 2. The van der Waals surface area contributed by atoms with Crippen LogP contribution in [0.1, 0.15) is 26.7 Å². The van der Waals surface area contributed by atoms with Gasteiger partial charge in [-0.15, -0.1) is 0 Å². The molecule has 0 aliphatic carbocycles. The average molecular weight is 275 g/mol. The molecule has 4 nitrogen and oxygen atoms in total. The Balaban J connectivity index is 1.86. The minimum atomic E-state index is 0.151. The number of carbonyl (C=O) groups excluding carboxylic acids is 1. The standard InChI is InChI=1S/C16H25N3O/c1-3-18(4-2)16(20)13-17-14-7-9-15(10-8-14)19-11-5-6-12-19/h7-10,17H,3-6,11-13H2,1-2H3. The second kappa shape index (κ2) is 7.17. The lowest BCUT2D eigenvalue weighted by molar-refractivity contribution is -0.128. The van der Waals surface area contributed by atoms with E-state index in [1.54, 1.807) is 0 Å². The van der Waals surface area contributed by atoms with E-state index >= 15 is 0 Å². The van der Waals surface area contributed by atoms with Gasteiger partial charge < -0.3 is 15.1 Å². The average Bonchev–Trinajstić information content (AvgIpc) is 3.01. The van der Waals surface area contributed by atoms with E-state index in [1.807, 2.05) is 18.7 Å². The van der Waals surface area contributed by atoms with Crippen LogP contribution in [0.4, 0.5) is 11.4 Å². The number of benzene rings is 1. The molecule has 0 spiro atoms. The number of amides is 1. The van der Waals surface area contributed by atoms with Gasteiger partial charge in [0, 0.05) is 37.6 Å².